The molecule has 2 atom stereocenters. The van der Waals surface area contributed by atoms with E-state index in [1.807, 2.05) is 30.9 Å². The number of aliphatic carboxylic acids is 1. The fourth-order valence-electron chi connectivity index (χ4n) is 2.73. The lowest BCUT2D eigenvalue weighted by Gasteiger charge is -2.03. The number of carboxylic acid groups (broad SMARTS) is 1. The third-order valence-electron chi connectivity index (χ3n) is 3.66. The highest BCUT2D eigenvalue weighted by Crippen LogP contribution is 2.64. The molecule has 1 N–H and O–H groups in total. The van der Waals surface area contributed by atoms with E-state index in [9.17, 15) is 4.79 Å². The van der Waals surface area contributed by atoms with Gasteiger partial charge in [-0.1, -0.05) is 27.7 Å². The minimum absolute atomic E-state index is 0.112. The van der Waals surface area contributed by atoms with Gasteiger partial charge in [0.15, 0.2) is 0 Å². The minimum atomic E-state index is -0.698. The quantitative estimate of drug-likeness (QED) is 0.873. The molecule has 2 rings (SSSR count). The third kappa shape index (κ3) is 2.08. The van der Waals surface area contributed by atoms with Gasteiger partial charge >= 0.3 is 5.97 Å². The van der Waals surface area contributed by atoms with Crippen LogP contribution < -0.4 is 0 Å². The van der Waals surface area contributed by atoms with Crippen molar-refractivity contribution in [1.29, 1.82) is 0 Å². The Bertz CT molecular complexity index is 434. The molecule has 0 spiro atoms. The number of rotatable bonds is 4. The second kappa shape index (κ2) is 3.86. The van der Waals surface area contributed by atoms with Gasteiger partial charge in [0.2, 0.25) is 0 Å². The van der Waals surface area contributed by atoms with Crippen LogP contribution in [0.25, 0.3) is 0 Å². The first kappa shape index (κ1) is 12.1. The molecule has 1 saturated carbocycles. The van der Waals surface area contributed by atoms with Gasteiger partial charge in [0, 0.05) is 18.7 Å². The van der Waals surface area contributed by atoms with Crippen LogP contribution in [0.2, 0.25) is 0 Å². The molecule has 17 heavy (non-hydrogen) atoms. The summed E-state index contributed by atoms with van der Waals surface area (Å²) in [6, 6.07) is 0. The summed E-state index contributed by atoms with van der Waals surface area (Å²) in [4.78, 5) is 11.1. The molecule has 1 heterocycles. The largest absolute Gasteiger partial charge is 0.481 e. The van der Waals surface area contributed by atoms with Crippen LogP contribution in [0.4, 0.5) is 0 Å². The number of carboxylic acids is 1. The standard InChI is InChI=1S/C13H20N2O2/c1-8(2)6-15-7-9(5-14-15)10-11(12(16)17)13(10,3)4/h5,7-8,10-11H,6H2,1-4H3,(H,16,17)/t10-,11+/m1/s1. The van der Waals surface area contributed by atoms with Crippen LogP contribution in [0.1, 0.15) is 39.2 Å². The van der Waals surface area contributed by atoms with Gasteiger partial charge in [-0.15, -0.1) is 0 Å². The maximum absolute atomic E-state index is 11.1. The average molecular weight is 236 g/mol. The van der Waals surface area contributed by atoms with Gasteiger partial charge in [0.1, 0.15) is 0 Å². The molecule has 4 nitrogen and oxygen atoms in total. The summed E-state index contributed by atoms with van der Waals surface area (Å²) in [5, 5.41) is 13.4. The van der Waals surface area contributed by atoms with Gasteiger partial charge in [0.05, 0.1) is 12.1 Å². The lowest BCUT2D eigenvalue weighted by Crippen LogP contribution is -2.04. The first-order valence-corrected chi connectivity index (χ1v) is 6.09. The van der Waals surface area contributed by atoms with Crippen molar-refractivity contribution in [3.05, 3.63) is 18.0 Å². The van der Waals surface area contributed by atoms with Crippen LogP contribution in [0, 0.1) is 17.3 Å². The summed E-state index contributed by atoms with van der Waals surface area (Å²) >= 11 is 0. The molecule has 0 bridgehead atoms. The van der Waals surface area contributed by atoms with Crippen molar-refractivity contribution >= 4 is 5.97 Å². The van der Waals surface area contributed by atoms with E-state index >= 15 is 0 Å². The van der Waals surface area contributed by atoms with E-state index in [1.54, 1.807) is 0 Å². The zero-order chi connectivity index (χ0) is 12.8. The Morgan fingerprint density at radius 2 is 2.24 bits per heavy atom. The highest BCUT2D eigenvalue weighted by molar-refractivity contribution is 5.77. The predicted octanol–water partition coefficient (Wildman–Crippen LogP) is 2.36. The molecular formula is C13H20N2O2. The molecule has 0 amide bonds. The van der Waals surface area contributed by atoms with Crippen molar-refractivity contribution in [3.8, 4) is 0 Å². The molecule has 0 unspecified atom stereocenters. The fraction of sp³-hybridized carbons (Fsp3) is 0.692. The number of carbonyl (C=O) groups is 1. The van der Waals surface area contributed by atoms with E-state index in [2.05, 4.69) is 18.9 Å². The average Bonchev–Trinajstić information content (AvgIpc) is 2.54. The lowest BCUT2D eigenvalue weighted by atomic mass is 10.1. The van der Waals surface area contributed by atoms with Gasteiger partial charge in [-0.05, 0) is 16.9 Å². The van der Waals surface area contributed by atoms with E-state index in [0.717, 1.165) is 12.1 Å². The second-order valence-corrected chi connectivity index (χ2v) is 6.00. The van der Waals surface area contributed by atoms with E-state index in [0.29, 0.717) is 5.92 Å². The van der Waals surface area contributed by atoms with Crippen LogP contribution >= 0.6 is 0 Å². The van der Waals surface area contributed by atoms with E-state index in [-0.39, 0.29) is 17.3 Å². The zero-order valence-electron chi connectivity index (χ0n) is 10.8. The van der Waals surface area contributed by atoms with Crippen molar-refractivity contribution in [2.24, 2.45) is 17.3 Å². The fourth-order valence-corrected chi connectivity index (χ4v) is 2.73. The monoisotopic (exact) mass is 236 g/mol. The summed E-state index contributed by atoms with van der Waals surface area (Å²) < 4.78 is 1.91. The molecule has 1 aromatic heterocycles. The Labute approximate surface area is 102 Å². The summed E-state index contributed by atoms with van der Waals surface area (Å²) in [6.07, 6.45) is 3.81. The molecule has 1 aromatic rings. The summed E-state index contributed by atoms with van der Waals surface area (Å²) in [7, 11) is 0. The Balaban J connectivity index is 2.14. The normalized spacial score (nSPS) is 26.2. The van der Waals surface area contributed by atoms with Crippen molar-refractivity contribution in [1.82, 2.24) is 9.78 Å². The molecular weight excluding hydrogens is 216 g/mol. The highest BCUT2D eigenvalue weighted by atomic mass is 16.4. The van der Waals surface area contributed by atoms with E-state index < -0.39 is 5.97 Å². The van der Waals surface area contributed by atoms with Crippen LogP contribution in [0.5, 0.6) is 0 Å². The Hall–Kier alpha value is -1.32. The Morgan fingerprint density at radius 1 is 1.59 bits per heavy atom. The van der Waals surface area contributed by atoms with Crippen molar-refractivity contribution in [2.75, 3.05) is 0 Å². The first-order valence-electron chi connectivity index (χ1n) is 6.09. The maximum Gasteiger partial charge on any atom is 0.307 e. The van der Waals surface area contributed by atoms with Crippen molar-refractivity contribution in [2.45, 2.75) is 40.2 Å². The number of hydrogen-bond donors (Lipinski definition) is 1. The van der Waals surface area contributed by atoms with Gasteiger partial charge in [0.25, 0.3) is 0 Å². The summed E-state index contributed by atoms with van der Waals surface area (Å²) in [6.45, 7) is 9.18. The summed E-state index contributed by atoms with van der Waals surface area (Å²) in [5.41, 5.74) is 0.917. The van der Waals surface area contributed by atoms with E-state index in [4.69, 9.17) is 5.11 Å². The van der Waals surface area contributed by atoms with Crippen molar-refractivity contribution < 1.29 is 9.90 Å². The number of aromatic nitrogens is 2. The van der Waals surface area contributed by atoms with Gasteiger partial charge in [-0.3, -0.25) is 9.48 Å². The number of nitrogens with zero attached hydrogens (tertiary/aromatic N) is 2. The summed E-state index contributed by atoms with van der Waals surface area (Å²) in [5.74, 6) is -0.304. The van der Waals surface area contributed by atoms with Gasteiger partial charge in [-0.25, -0.2) is 0 Å². The molecule has 0 aliphatic heterocycles. The van der Waals surface area contributed by atoms with Gasteiger partial charge in [-0.2, -0.15) is 5.10 Å². The highest BCUT2D eigenvalue weighted by Gasteiger charge is 2.63. The van der Waals surface area contributed by atoms with Crippen LogP contribution in [0.3, 0.4) is 0 Å². The second-order valence-electron chi connectivity index (χ2n) is 6.00. The van der Waals surface area contributed by atoms with Crippen LogP contribution in [-0.2, 0) is 11.3 Å². The molecule has 94 valence electrons. The topological polar surface area (TPSA) is 55.1 Å². The maximum atomic E-state index is 11.1. The van der Waals surface area contributed by atoms with Crippen LogP contribution in [-0.4, -0.2) is 20.9 Å². The number of hydrogen-bond acceptors (Lipinski definition) is 2. The van der Waals surface area contributed by atoms with Gasteiger partial charge < -0.3 is 5.11 Å². The lowest BCUT2D eigenvalue weighted by molar-refractivity contribution is -0.139. The molecule has 1 aliphatic rings. The molecule has 1 aliphatic carbocycles. The third-order valence-corrected chi connectivity index (χ3v) is 3.66. The molecule has 0 aromatic carbocycles. The Morgan fingerprint density at radius 3 is 2.71 bits per heavy atom. The van der Waals surface area contributed by atoms with Crippen molar-refractivity contribution in [3.63, 3.8) is 0 Å². The molecule has 1 fully saturated rings. The van der Waals surface area contributed by atoms with Crippen LogP contribution in [0.15, 0.2) is 12.4 Å². The molecule has 0 radical (unpaired) electrons. The SMILES string of the molecule is CC(C)Cn1cc([C@@H]2[C@@H](C(=O)O)C2(C)C)cn1. The minimum Gasteiger partial charge on any atom is -0.481 e. The predicted molar refractivity (Wildman–Crippen MR) is 64.7 cm³/mol. The van der Waals surface area contributed by atoms with E-state index in [1.165, 1.54) is 0 Å². The Kier molecular flexibility index (Phi) is 2.76. The smallest absolute Gasteiger partial charge is 0.307 e. The molecule has 0 saturated heterocycles. The molecule has 4 heteroatoms. The zero-order valence-corrected chi connectivity index (χ0v) is 10.8. The first-order chi connectivity index (χ1) is 7.84.